The SMILES string of the molecule is CC(C)C(NC(=O)c1ccccc1)C(N)=S. The maximum Gasteiger partial charge on any atom is 0.251 e. The number of amides is 1. The lowest BCUT2D eigenvalue weighted by Gasteiger charge is -2.20. The summed E-state index contributed by atoms with van der Waals surface area (Å²) in [6.45, 7) is 3.93. The largest absolute Gasteiger partial charge is 0.392 e. The second-order valence-corrected chi connectivity index (χ2v) is 4.43. The minimum Gasteiger partial charge on any atom is -0.392 e. The lowest BCUT2D eigenvalue weighted by Crippen LogP contribution is -2.46. The summed E-state index contributed by atoms with van der Waals surface area (Å²) in [5, 5.41) is 2.83. The average Bonchev–Trinajstić information content (AvgIpc) is 2.25. The molecule has 86 valence electrons. The maximum absolute atomic E-state index is 11.8. The third kappa shape index (κ3) is 3.31. The number of rotatable bonds is 4. The first-order valence-corrected chi connectivity index (χ1v) is 5.58. The van der Waals surface area contributed by atoms with Crippen molar-refractivity contribution in [2.75, 3.05) is 0 Å². The fourth-order valence-electron chi connectivity index (χ4n) is 1.38. The molecule has 1 amide bonds. The molecule has 0 fully saturated rings. The van der Waals surface area contributed by atoms with Crippen molar-refractivity contribution in [1.82, 2.24) is 5.32 Å². The molecule has 0 spiro atoms. The molecule has 0 aliphatic rings. The Hall–Kier alpha value is -1.42. The van der Waals surface area contributed by atoms with E-state index in [1.807, 2.05) is 32.0 Å². The first-order chi connectivity index (χ1) is 7.52. The molecular weight excluding hydrogens is 220 g/mol. The number of nitrogens with one attached hydrogen (secondary N) is 1. The Morgan fingerprint density at radius 2 is 1.88 bits per heavy atom. The third-order valence-corrected chi connectivity index (χ3v) is 2.55. The van der Waals surface area contributed by atoms with Gasteiger partial charge in [0.2, 0.25) is 0 Å². The topological polar surface area (TPSA) is 55.1 Å². The molecule has 0 saturated carbocycles. The van der Waals surface area contributed by atoms with E-state index in [4.69, 9.17) is 18.0 Å². The van der Waals surface area contributed by atoms with Gasteiger partial charge in [-0.3, -0.25) is 4.79 Å². The number of carbonyl (C=O) groups excluding carboxylic acids is 1. The second kappa shape index (κ2) is 5.61. The molecule has 0 heterocycles. The van der Waals surface area contributed by atoms with Crippen LogP contribution in [0.15, 0.2) is 30.3 Å². The molecule has 1 unspecified atom stereocenters. The molecular formula is C12H16N2OS. The Morgan fingerprint density at radius 1 is 1.31 bits per heavy atom. The highest BCUT2D eigenvalue weighted by Crippen LogP contribution is 2.05. The van der Waals surface area contributed by atoms with E-state index in [1.54, 1.807) is 12.1 Å². The molecule has 0 aromatic heterocycles. The predicted octanol–water partition coefficient (Wildman–Crippen LogP) is 1.73. The molecule has 3 N–H and O–H groups in total. The Morgan fingerprint density at radius 3 is 2.31 bits per heavy atom. The van der Waals surface area contributed by atoms with Crippen LogP contribution in [-0.2, 0) is 0 Å². The van der Waals surface area contributed by atoms with Crippen molar-refractivity contribution in [3.8, 4) is 0 Å². The fraction of sp³-hybridized carbons (Fsp3) is 0.333. The first kappa shape index (κ1) is 12.6. The molecule has 16 heavy (non-hydrogen) atoms. The van der Waals surface area contributed by atoms with Gasteiger partial charge in [-0.25, -0.2) is 0 Å². The van der Waals surface area contributed by atoms with E-state index in [-0.39, 0.29) is 17.9 Å². The molecule has 1 atom stereocenters. The van der Waals surface area contributed by atoms with Gasteiger partial charge in [0, 0.05) is 5.56 Å². The quantitative estimate of drug-likeness (QED) is 0.783. The summed E-state index contributed by atoms with van der Waals surface area (Å²) in [7, 11) is 0. The Kier molecular flexibility index (Phi) is 4.43. The Balaban J connectivity index is 2.74. The van der Waals surface area contributed by atoms with Crippen LogP contribution in [0.5, 0.6) is 0 Å². The molecule has 0 saturated heterocycles. The van der Waals surface area contributed by atoms with Crippen LogP contribution in [0.4, 0.5) is 0 Å². The van der Waals surface area contributed by atoms with E-state index in [9.17, 15) is 4.79 Å². The van der Waals surface area contributed by atoms with E-state index < -0.39 is 0 Å². The van der Waals surface area contributed by atoms with Gasteiger partial charge < -0.3 is 11.1 Å². The van der Waals surface area contributed by atoms with Crippen LogP contribution >= 0.6 is 12.2 Å². The highest BCUT2D eigenvalue weighted by atomic mass is 32.1. The van der Waals surface area contributed by atoms with Gasteiger partial charge in [0.05, 0.1) is 11.0 Å². The lowest BCUT2D eigenvalue weighted by molar-refractivity contribution is 0.0940. The highest BCUT2D eigenvalue weighted by molar-refractivity contribution is 7.80. The van der Waals surface area contributed by atoms with Crippen molar-refractivity contribution >= 4 is 23.1 Å². The van der Waals surface area contributed by atoms with Crippen LogP contribution in [0.2, 0.25) is 0 Å². The Bertz CT molecular complexity index is 376. The molecule has 4 heteroatoms. The number of benzene rings is 1. The van der Waals surface area contributed by atoms with Gasteiger partial charge in [-0.15, -0.1) is 0 Å². The van der Waals surface area contributed by atoms with Crippen molar-refractivity contribution < 1.29 is 4.79 Å². The van der Waals surface area contributed by atoms with Crippen molar-refractivity contribution in [1.29, 1.82) is 0 Å². The van der Waals surface area contributed by atoms with Gasteiger partial charge in [0.1, 0.15) is 0 Å². The van der Waals surface area contributed by atoms with Crippen LogP contribution in [0.25, 0.3) is 0 Å². The first-order valence-electron chi connectivity index (χ1n) is 5.17. The summed E-state index contributed by atoms with van der Waals surface area (Å²) < 4.78 is 0. The van der Waals surface area contributed by atoms with Gasteiger partial charge in [-0.2, -0.15) is 0 Å². The minimum absolute atomic E-state index is 0.146. The predicted molar refractivity (Wildman–Crippen MR) is 69.3 cm³/mol. The zero-order valence-electron chi connectivity index (χ0n) is 9.44. The molecule has 0 aliphatic heterocycles. The molecule has 1 aromatic carbocycles. The zero-order valence-corrected chi connectivity index (χ0v) is 10.3. The number of carbonyl (C=O) groups is 1. The maximum atomic E-state index is 11.8. The van der Waals surface area contributed by atoms with Crippen molar-refractivity contribution in [3.63, 3.8) is 0 Å². The van der Waals surface area contributed by atoms with E-state index in [0.29, 0.717) is 10.6 Å². The van der Waals surface area contributed by atoms with E-state index in [2.05, 4.69) is 5.32 Å². The van der Waals surface area contributed by atoms with Gasteiger partial charge in [0.25, 0.3) is 5.91 Å². The third-order valence-electron chi connectivity index (χ3n) is 2.30. The highest BCUT2D eigenvalue weighted by Gasteiger charge is 2.19. The molecule has 1 aromatic rings. The standard InChI is InChI=1S/C12H16N2OS/c1-8(2)10(11(13)16)14-12(15)9-6-4-3-5-7-9/h3-8,10H,1-2H3,(H2,13,16)(H,14,15). The monoisotopic (exact) mass is 236 g/mol. The lowest BCUT2D eigenvalue weighted by atomic mass is 10.0. The number of hydrogen-bond acceptors (Lipinski definition) is 2. The smallest absolute Gasteiger partial charge is 0.251 e. The van der Waals surface area contributed by atoms with Crippen LogP contribution in [0.3, 0.4) is 0 Å². The van der Waals surface area contributed by atoms with Crippen LogP contribution in [0.1, 0.15) is 24.2 Å². The minimum atomic E-state index is -0.261. The molecule has 0 radical (unpaired) electrons. The molecule has 3 nitrogen and oxygen atoms in total. The summed E-state index contributed by atoms with van der Waals surface area (Å²) in [4.78, 5) is 12.2. The van der Waals surface area contributed by atoms with Crippen molar-refractivity contribution in [2.24, 2.45) is 11.7 Å². The second-order valence-electron chi connectivity index (χ2n) is 3.96. The molecule has 0 aliphatic carbocycles. The zero-order chi connectivity index (χ0) is 12.1. The number of nitrogens with two attached hydrogens (primary N) is 1. The summed E-state index contributed by atoms with van der Waals surface area (Å²) in [6.07, 6.45) is 0. The van der Waals surface area contributed by atoms with Gasteiger partial charge >= 0.3 is 0 Å². The molecule has 1 rings (SSSR count). The fourth-order valence-corrected chi connectivity index (χ4v) is 1.71. The van der Waals surface area contributed by atoms with E-state index >= 15 is 0 Å². The van der Waals surface area contributed by atoms with Crippen molar-refractivity contribution in [3.05, 3.63) is 35.9 Å². The van der Waals surface area contributed by atoms with Gasteiger partial charge in [-0.1, -0.05) is 44.3 Å². The van der Waals surface area contributed by atoms with Crippen LogP contribution in [-0.4, -0.2) is 16.9 Å². The number of thiocarbonyl (C=S) groups is 1. The number of hydrogen-bond donors (Lipinski definition) is 2. The molecule has 0 bridgehead atoms. The Labute approximate surface area is 101 Å². The summed E-state index contributed by atoms with van der Waals surface area (Å²) in [5.41, 5.74) is 6.20. The summed E-state index contributed by atoms with van der Waals surface area (Å²) in [6, 6.07) is 8.76. The van der Waals surface area contributed by atoms with Gasteiger partial charge in [-0.05, 0) is 18.1 Å². The average molecular weight is 236 g/mol. The van der Waals surface area contributed by atoms with Crippen LogP contribution < -0.4 is 11.1 Å². The van der Waals surface area contributed by atoms with Crippen molar-refractivity contribution in [2.45, 2.75) is 19.9 Å². The van der Waals surface area contributed by atoms with Crippen LogP contribution in [0, 0.1) is 5.92 Å². The summed E-state index contributed by atoms with van der Waals surface area (Å²) >= 11 is 4.92. The van der Waals surface area contributed by atoms with Gasteiger partial charge in [0.15, 0.2) is 0 Å². The normalized spacial score (nSPS) is 12.2. The van der Waals surface area contributed by atoms with E-state index in [0.717, 1.165) is 0 Å². The summed E-state index contributed by atoms with van der Waals surface area (Å²) in [5.74, 6) is 0.0391. The van der Waals surface area contributed by atoms with E-state index in [1.165, 1.54) is 0 Å².